The molecule has 2 rings (SSSR count). The van der Waals surface area contributed by atoms with E-state index in [-0.39, 0.29) is 5.91 Å². The van der Waals surface area contributed by atoms with E-state index >= 15 is 0 Å². The number of anilines is 1. The molecule has 0 radical (unpaired) electrons. The molecule has 5 nitrogen and oxygen atoms in total. The third kappa shape index (κ3) is 15.3. The van der Waals surface area contributed by atoms with Gasteiger partial charge in [0.15, 0.2) is 11.9 Å². The zero-order chi connectivity index (χ0) is 28.0. The second kappa shape index (κ2) is 21.7. The van der Waals surface area contributed by atoms with E-state index in [1.165, 1.54) is 89.0 Å². The van der Waals surface area contributed by atoms with Gasteiger partial charge in [0.2, 0.25) is 0 Å². The van der Waals surface area contributed by atoms with Gasteiger partial charge in [0.25, 0.3) is 5.91 Å². The van der Waals surface area contributed by atoms with Crippen molar-refractivity contribution in [2.24, 2.45) is 0 Å². The first-order chi connectivity index (χ1) is 19.2. The first-order valence-corrected chi connectivity index (χ1v) is 16.7. The maximum absolute atomic E-state index is 12.8. The van der Waals surface area contributed by atoms with Gasteiger partial charge in [-0.3, -0.25) is 4.79 Å². The van der Waals surface area contributed by atoms with Gasteiger partial charge in [-0.05, 0) is 61.3 Å². The van der Waals surface area contributed by atoms with Crippen LogP contribution in [-0.4, -0.2) is 28.0 Å². The van der Waals surface area contributed by atoms with Crippen LogP contribution in [0.25, 0.3) is 0 Å². The molecule has 218 valence electrons. The van der Waals surface area contributed by atoms with Crippen molar-refractivity contribution in [3.8, 4) is 5.75 Å². The lowest BCUT2D eigenvalue weighted by Crippen LogP contribution is -2.32. The zero-order valence-corrected chi connectivity index (χ0v) is 25.7. The van der Waals surface area contributed by atoms with Crippen LogP contribution in [0.5, 0.6) is 5.75 Å². The highest BCUT2D eigenvalue weighted by Gasteiger charge is 2.19. The van der Waals surface area contributed by atoms with Gasteiger partial charge in [-0.25, -0.2) is 0 Å². The van der Waals surface area contributed by atoms with Crippen LogP contribution < -0.4 is 10.1 Å². The molecule has 1 unspecified atom stereocenters. The Balaban J connectivity index is 1.64. The van der Waals surface area contributed by atoms with E-state index in [2.05, 4.69) is 41.5 Å². The van der Waals surface area contributed by atoms with E-state index in [1.807, 2.05) is 31.2 Å². The van der Waals surface area contributed by atoms with Crippen LogP contribution in [0.15, 0.2) is 41.4 Å². The molecular formula is C33H53N3O2S. The van der Waals surface area contributed by atoms with Gasteiger partial charge in [0, 0.05) is 0 Å². The van der Waals surface area contributed by atoms with E-state index in [0.29, 0.717) is 12.2 Å². The zero-order valence-electron chi connectivity index (χ0n) is 24.9. The molecule has 1 atom stereocenters. The number of hydrogen-bond donors (Lipinski definition) is 1. The Bertz CT molecular complexity index is 891. The summed E-state index contributed by atoms with van der Waals surface area (Å²) in [4.78, 5) is 12.8. The summed E-state index contributed by atoms with van der Waals surface area (Å²) in [7, 11) is 0. The monoisotopic (exact) mass is 555 g/mol. The standard InChI is InChI=1S/C33H53N3O2S/c1-4-7-9-10-11-12-13-14-15-16-17-18-19-21-28-22-20-23-29(27-28)38-30(6-3)33(37)34-31-24-25-32(36-35-31)39-26-8-5-2/h20,22-25,27,30H,4-19,21,26H2,1-3H3,(H,34,35,37). The highest BCUT2D eigenvalue weighted by molar-refractivity contribution is 7.99. The summed E-state index contributed by atoms with van der Waals surface area (Å²) in [5, 5.41) is 12.1. The molecule has 0 aliphatic carbocycles. The molecule has 2 aromatic rings. The first-order valence-electron chi connectivity index (χ1n) is 15.7. The summed E-state index contributed by atoms with van der Waals surface area (Å²) in [6.07, 6.45) is 21.1. The Labute approximate surface area is 242 Å². The van der Waals surface area contributed by atoms with Crippen molar-refractivity contribution in [3.63, 3.8) is 0 Å². The van der Waals surface area contributed by atoms with Crippen molar-refractivity contribution in [1.82, 2.24) is 10.2 Å². The van der Waals surface area contributed by atoms with Crippen molar-refractivity contribution in [1.29, 1.82) is 0 Å². The average Bonchev–Trinajstić information content (AvgIpc) is 2.95. The molecule has 0 aliphatic rings. The number of aryl methyl sites for hydroxylation is 1. The predicted octanol–water partition coefficient (Wildman–Crippen LogP) is 9.80. The number of hydrogen-bond acceptors (Lipinski definition) is 5. The quantitative estimate of drug-likeness (QED) is 0.109. The number of aromatic nitrogens is 2. The minimum Gasteiger partial charge on any atom is -0.481 e. The van der Waals surface area contributed by atoms with Crippen molar-refractivity contribution in [2.75, 3.05) is 11.1 Å². The number of ether oxygens (including phenoxy) is 1. The Kier molecular flexibility index (Phi) is 18.4. The maximum Gasteiger partial charge on any atom is 0.266 e. The number of carbonyl (C=O) groups excluding carboxylic acids is 1. The fraction of sp³-hybridized carbons (Fsp3) is 0.667. The molecule has 0 aliphatic heterocycles. The summed E-state index contributed by atoms with van der Waals surface area (Å²) in [6, 6.07) is 11.9. The number of amides is 1. The van der Waals surface area contributed by atoms with Crippen molar-refractivity contribution in [3.05, 3.63) is 42.0 Å². The third-order valence-corrected chi connectivity index (χ3v) is 8.05. The number of nitrogens with zero attached hydrogens (tertiary/aromatic N) is 2. The highest BCUT2D eigenvalue weighted by Crippen LogP contribution is 2.20. The van der Waals surface area contributed by atoms with E-state index < -0.39 is 6.10 Å². The maximum atomic E-state index is 12.8. The fourth-order valence-electron chi connectivity index (χ4n) is 4.60. The van der Waals surface area contributed by atoms with Crippen LogP contribution in [0.3, 0.4) is 0 Å². The molecule has 0 saturated heterocycles. The molecule has 0 saturated carbocycles. The number of benzene rings is 1. The molecule has 6 heteroatoms. The summed E-state index contributed by atoms with van der Waals surface area (Å²) >= 11 is 1.69. The lowest BCUT2D eigenvalue weighted by Gasteiger charge is -2.17. The van der Waals surface area contributed by atoms with Crippen LogP contribution in [0.4, 0.5) is 5.82 Å². The minimum absolute atomic E-state index is 0.194. The van der Waals surface area contributed by atoms with E-state index in [9.17, 15) is 4.79 Å². The molecular weight excluding hydrogens is 502 g/mol. The number of carbonyl (C=O) groups is 1. The summed E-state index contributed by atoms with van der Waals surface area (Å²) in [5.74, 6) is 2.04. The number of thioether (sulfide) groups is 1. The first kappa shape index (κ1) is 33.1. The summed E-state index contributed by atoms with van der Waals surface area (Å²) in [5.41, 5.74) is 1.27. The second-order valence-electron chi connectivity index (χ2n) is 10.6. The molecule has 0 fully saturated rings. The predicted molar refractivity (Wildman–Crippen MR) is 167 cm³/mol. The minimum atomic E-state index is -0.572. The van der Waals surface area contributed by atoms with Gasteiger partial charge >= 0.3 is 0 Å². The molecule has 0 bridgehead atoms. The van der Waals surface area contributed by atoms with Gasteiger partial charge < -0.3 is 10.1 Å². The Hall–Kier alpha value is -2.08. The molecule has 39 heavy (non-hydrogen) atoms. The van der Waals surface area contributed by atoms with E-state index in [1.54, 1.807) is 11.8 Å². The third-order valence-electron chi connectivity index (χ3n) is 7.05. The smallest absolute Gasteiger partial charge is 0.266 e. The number of unbranched alkanes of at least 4 members (excludes halogenated alkanes) is 13. The Morgan fingerprint density at radius 2 is 1.44 bits per heavy atom. The lowest BCUT2D eigenvalue weighted by atomic mass is 10.0. The van der Waals surface area contributed by atoms with Gasteiger partial charge in [-0.2, -0.15) is 0 Å². The summed E-state index contributed by atoms with van der Waals surface area (Å²) in [6.45, 7) is 6.41. The van der Waals surface area contributed by atoms with Crippen LogP contribution in [0, 0.1) is 0 Å². The van der Waals surface area contributed by atoms with Crippen molar-refractivity contribution >= 4 is 23.5 Å². The number of nitrogens with one attached hydrogen (secondary N) is 1. The van der Waals surface area contributed by atoms with E-state index in [0.717, 1.165) is 35.8 Å². The van der Waals surface area contributed by atoms with Crippen LogP contribution in [-0.2, 0) is 11.2 Å². The molecule has 1 N–H and O–H groups in total. The molecule has 0 spiro atoms. The number of rotatable bonds is 23. The molecule has 1 aromatic carbocycles. The van der Waals surface area contributed by atoms with Gasteiger partial charge in [0.05, 0.1) is 0 Å². The SMILES string of the molecule is CCCCCCCCCCCCCCCc1cccc(OC(CC)C(=O)Nc2ccc(SCCCC)nn2)c1. The topological polar surface area (TPSA) is 64.1 Å². The second-order valence-corrected chi connectivity index (χ2v) is 11.7. The largest absolute Gasteiger partial charge is 0.481 e. The highest BCUT2D eigenvalue weighted by atomic mass is 32.2. The van der Waals surface area contributed by atoms with E-state index in [4.69, 9.17) is 4.74 Å². The van der Waals surface area contributed by atoms with Crippen LogP contribution in [0.1, 0.15) is 129 Å². The average molecular weight is 556 g/mol. The fourth-order valence-corrected chi connectivity index (χ4v) is 5.50. The lowest BCUT2D eigenvalue weighted by molar-refractivity contribution is -0.122. The van der Waals surface area contributed by atoms with Gasteiger partial charge in [-0.1, -0.05) is 116 Å². The molecule has 1 heterocycles. The molecule has 1 amide bonds. The van der Waals surface area contributed by atoms with Gasteiger partial charge in [-0.15, -0.1) is 22.0 Å². The molecule has 1 aromatic heterocycles. The van der Waals surface area contributed by atoms with Crippen molar-refractivity contribution < 1.29 is 9.53 Å². The van der Waals surface area contributed by atoms with Gasteiger partial charge in [0.1, 0.15) is 10.8 Å². The Morgan fingerprint density at radius 1 is 0.795 bits per heavy atom. The normalized spacial score (nSPS) is 11.9. The van der Waals surface area contributed by atoms with Crippen LogP contribution >= 0.6 is 11.8 Å². The summed E-state index contributed by atoms with van der Waals surface area (Å²) < 4.78 is 6.08. The van der Waals surface area contributed by atoms with Crippen molar-refractivity contribution in [2.45, 2.75) is 141 Å². The Morgan fingerprint density at radius 3 is 2.03 bits per heavy atom. The van der Waals surface area contributed by atoms with Crippen LogP contribution in [0.2, 0.25) is 0 Å².